The molecule has 0 amide bonds. The van der Waals surface area contributed by atoms with Gasteiger partial charge >= 0.3 is 7.60 Å². The van der Waals surface area contributed by atoms with Crippen molar-refractivity contribution in [2.75, 3.05) is 0 Å². The van der Waals surface area contributed by atoms with Crippen LogP contribution in [0.15, 0.2) is 23.0 Å². The molecule has 3 nitrogen and oxygen atoms in total. The Bertz CT molecular complexity index is 246. The third-order valence-corrected chi connectivity index (χ3v) is 2.61. The van der Waals surface area contributed by atoms with Crippen LogP contribution in [-0.4, -0.2) is 9.79 Å². The van der Waals surface area contributed by atoms with Crippen LogP contribution in [0.2, 0.25) is 0 Å². The van der Waals surface area contributed by atoms with Crippen molar-refractivity contribution in [1.82, 2.24) is 0 Å². The first kappa shape index (κ1) is 7.73. The molecule has 0 aromatic carbocycles. The number of rotatable bonds is 1. The molecule has 0 aliphatic heterocycles. The molecule has 0 fully saturated rings. The first-order valence-corrected chi connectivity index (χ1v) is 4.55. The average molecular weight is 160 g/mol. The van der Waals surface area contributed by atoms with Crippen molar-refractivity contribution < 1.29 is 14.4 Å². The lowest BCUT2D eigenvalue weighted by Crippen LogP contribution is -1.81. The topological polar surface area (TPSA) is 57.5 Å². The summed E-state index contributed by atoms with van der Waals surface area (Å²) in [4.78, 5) is 17.4. The van der Waals surface area contributed by atoms with Crippen LogP contribution in [0.3, 0.4) is 0 Å². The monoisotopic (exact) mass is 160 g/mol. The summed E-state index contributed by atoms with van der Waals surface area (Å²) in [6.07, 6.45) is 3.92. The average Bonchev–Trinajstić information content (AvgIpc) is 2.11. The molecule has 0 aromatic rings. The normalized spacial score (nSPS) is 18.7. The second-order valence-electron chi connectivity index (χ2n) is 2.32. The van der Waals surface area contributed by atoms with Gasteiger partial charge in [0, 0.05) is 0 Å². The van der Waals surface area contributed by atoms with Gasteiger partial charge < -0.3 is 9.79 Å². The number of allylic oxidation sites excluding steroid dienone is 4. The Morgan fingerprint density at radius 2 is 2.20 bits per heavy atom. The molecule has 0 spiro atoms. The zero-order valence-corrected chi connectivity index (χ0v) is 6.51. The molecule has 0 saturated carbocycles. The van der Waals surface area contributed by atoms with E-state index in [1.165, 1.54) is 6.08 Å². The molecule has 0 heterocycles. The molecule has 1 aliphatic carbocycles. The van der Waals surface area contributed by atoms with E-state index in [1.807, 2.05) is 0 Å². The van der Waals surface area contributed by atoms with Crippen molar-refractivity contribution in [1.29, 1.82) is 0 Å². The van der Waals surface area contributed by atoms with Crippen LogP contribution < -0.4 is 0 Å². The highest BCUT2D eigenvalue weighted by Crippen LogP contribution is 2.49. The Labute approximate surface area is 59.2 Å². The van der Waals surface area contributed by atoms with Gasteiger partial charge in [-0.3, -0.25) is 4.57 Å². The van der Waals surface area contributed by atoms with E-state index in [9.17, 15) is 4.57 Å². The van der Waals surface area contributed by atoms with Gasteiger partial charge in [-0.2, -0.15) is 0 Å². The van der Waals surface area contributed by atoms with Gasteiger partial charge in [-0.1, -0.05) is 17.7 Å². The van der Waals surface area contributed by atoms with Crippen molar-refractivity contribution in [3.05, 3.63) is 23.0 Å². The third kappa shape index (κ3) is 1.37. The summed E-state index contributed by atoms with van der Waals surface area (Å²) >= 11 is 0. The fourth-order valence-corrected chi connectivity index (χ4v) is 1.83. The van der Waals surface area contributed by atoms with Gasteiger partial charge in [0.1, 0.15) is 0 Å². The second kappa shape index (κ2) is 2.35. The lowest BCUT2D eigenvalue weighted by atomic mass is 10.3. The first-order valence-electron chi connectivity index (χ1n) is 2.94. The van der Waals surface area contributed by atoms with Gasteiger partial charge in [-0.15, -0.1) is 0 Å². The van der Waals surface area contributed by atoms with E-state index in [2.05, 4.69) is 0 Å². The zero-order valence-electron chi connectivity index (χ0n) is 5.61. The van der Waals surface area contributed by atoms with Crippen LogP contribution in [0.5, 0.6) is 0 Å². The predicted molar refractivity (Wildman–Crippen MR) is 38.5 cm³/mol. The molecule has 1 rings (SSSR count). The van der Waals surface area contributed by atoms with Gasteiger partial charge in [0.15, 0.2) is 0 Å². The maximum absolute atomic E-state index is 10.6. The number of hydrogen-bond acceptors (Lipinski definition) is 1. The van der Waals surface area contributed by atoms with Gasteiger partial charge in [-0.25, -0.2) is 0 Å². The highest BCUT2D eigenvalue weighted by atomic mass is 31.2. The van der Waals surface area contributed by atoms with E-state index in [-0.39, 0.29) is 5.31 Å². The molecule has 0 atom stereocenters. The van der Waals surface area contributed by atoms with Gasteiger partial charge in [0.05, 0.1) is 5.31 Å². The van der Waals surface area contributed by atoms with Gasteiger partial charge in [-0.05, 0) is 13.3 Å². The molecule has 10 heavy (non-hydrogen) atoms. The largest absolute Gasteiger partial charge is 0.356 e. The minimum atomic E-state index is -3.98. The smallest absolute Gasteiger partial charge is 0.321 e. The molecular weight excluding hydrogens is 151 g/mol. The van der Waals surface area contributed by atoms with Crippen molar-refractivity contribution >= 4 is 7.60 Å². The zero-order chi connectivity index (χ0) is 7.78. The van der Waals surface area contributed by atoms with Crippen molar-refractivity contribution in [2.24, 2.45) is 0 Å². The maximum atomic E-state index is 10.6. The molecule has 4 heteroatoms. The second-order valence-corrected chi connectivity index (χ2v) is 3.89. The quantitative estimate of drug-likeness (QED) is 0.570. The predicted octanol–water partition coefficient (Wildman–Crippen LogP) is 1.40. The molecule has 0 bridgehead atoms. The molecular formula is C6H9O3P. The molecule has 1 aliphatic rings. The first-order chi connectivity index (χ1) is 4.52. The molecule has 2 N–H and O–H groups in total. The maximum Gasteiger partial charge on any atom is 0.356 e. The fraction of sp³-hybridized carbons (Fsp3) is 0.333. The third-order valence-electron chi connectivity index (χ3n) is 1.45. The summed E-state index contributed by atoms with van der Waals surface area (Å²) in [5.41, 5.74) is 0.772. The SMILES string of the molecule is CC1=C(P(=O)(O)O)C=CC1. The van der Waals surface area contributed by atoms with Crippen molar-refractivity contribution in [3.8, 4) is 0 Å². The van der Waals surface area contributed by atoms with Crippen molar-refractivity contribution in [2.45, 2.75) is 13.3 Å². The van der Waals surface area contributed by atoms with Crippen LogP contribution in [0.1, 0.15) is 13.3 Å². The molecule has 0 aromatic heterocycles. The van der Waals surface area contributed by atoms with E-state index < -0.39 is 7.60 Å². The van der Waals surface area contributed by atoms with E-state index in [1.54, 1.807) is 13.0 Å². The van der Waals surface area contributed by atoms with E-state index in [0.29, 0.717) is 6.42 Å². The minimum absolute atomic E-state index is 0.188. The summed E-state index contributed by atoms with van der Waals surface area (Å²) in [5, 5.41) is 0.188. The molecule has 56 valence electrons. The highest BCUT2D eigenvalue weighted by molar-refractivity contribution is 7.56. The molecule has 0 saturated heterocycles. The van der Waals surface area contributed by atoms with Crippen LogP contribution in [0, 0.1) is 0 Å². The van der Waals surface area contributed by atoms with Crippen LogP contribution in [0.4, 0.5) is 0 Å². The number of hydrogen-bond donors (Lipinski definition) is 2. The summed E-state index contributed by atoms with van der Waals surface area (Å²) in [6.45, 7) is 1.73. The lowest BCUT2D eigenvalue weighted by molar-refractivity contribution is 0.383. The summed E-state index contributed by atoms with van der Waals surface area (Å²) < 4.78 is 10.6. The Kier molecular flexibility index (Phi) is 1.82. The standard InChI is InChI=1S/C6H9O3P/c1-5-3-2-4-6(5)10(7,8)9/h2,4H,3H2,1H3,(H2,7,8,9). The highest BCUT2D eigenvalue weighted by Gasteiger charge is 2.22. The Hall–Kier alpha value is -0.370. The van der Waals surface area contributed by atoms with E-state index >= 15 is 0 Å². The van der Waals surface area contributed by atoms with Gasteiger partial charge in [0.2, 0.25) is 0 Å². The van der Waals surface area contributed by atoms with Crippen LogP contribution >= 0.6 is 7.60 Å². The van der Waals surface area contributed by atoms with E-state index in [0.717, 1.165) is 5.57 Å². The lowest BCUT2D eigenvalue weighted by Gasteiger charge is -2.03. The Morgan fingerprint density at radius 3 is 2.40 bits per heavy atom. The van der Waals surface area contributed by atoms with Gasteiger partial charge in [0.25, 0.3) is 0 Å². The van der Waals surface area contributed by atoms with Crippen LogP contribution in [-0.2, 0) is 4.57 Å². The molecule has 0 unspecified atom stereocenters. The minimum Gasteiger partial charge on any atom is -0.321 e. The summed E-state index contributed by atoms with van der Waals surface area (Å²) in [5.74, 6) is 0. The van der Waals surface area contributed by atoms with Crippen molar-refractivity contribution in [3.63, 3.8) is 0 Å². The summed E-state index contributed by atoms with van der Waals surface area (Å²) in [6, 6.07) is 0. The molecule has 0 radical (unpaired) electrons. The van der Waals surface area contributed by atoms with Crippen LogP contribution in [0.25, 0.3) is 0 Å². The fourth-order valence-electron chi connectivity index (χ4n) is 0.940. The van der Waals surface area contributed by atoms with E-state index in [4.69, 9.17) is 9.79 Å². The summed E-state index contributed by atoms with van der Waals surface area (Å²) in [7, 11) is -3.98. The Balaban J connectivity index is 3.03. The Morgan fingerprint density at radius 1 is 1.60 bits per heavy atom.